The van der Waals surface area contributed by atoms with Crippen LogP contribution in [0.4, 0.5) is 0 Å². The van der Waals surface area contributed by atoms with E-state index in [9.17, 15) is 4.79 Å². The van der Waals surface area contributed by atoms with Crippen molar-refractivity contribution in [2.45, 2.75) is 59.0 Å². The minimum Gasteiger partial charge on any atom is -0.460 e. The lowest BCUT2D eigenvalue weighted by Crippen LogP contribution is -2.12. The van der Waals surface area contributed by atoms with Crippen LogP contribution in [-0.2, 0) is 9.53 Å². The maximum Gasteiger partial charge on any atom is 0.330 e. The van der Waals surface area contributed by atoms with Crippen LogP contribution in [0.1, 0.15) is 52.9 Å². The molecule has 0 aliphatic carbocycles. The number of hydrogen-bond donors (Lipinski definition) is 0. The van der Waals surface area contributed by atoms with Crippen LogP contribution in [0, 0.1) is 5.92 Å². The van der Waals surface area contributed by atoms with Crippen LogP contribution in [0.15, 0.2) is 12.7 Å². The molecule has 0 fully saturated rings. The SMILES string of the molecule is C=CC(=O)OC(C)CCCCCC(C)C. The first-order chi connectivity index (χ1) is 7.06. The molecule has 0 aromatic rings. The molecule has 0 saturated carbocycles. The highest BCUT2D eigenvalue weighted by Gasteiger charge is 2.05. The van der Waals surface area contributed by atoms with E-state index in [0.717, 1.165) is 18.8 Å². The Morgan fingerprint density at radius 2 is 1.80 bits per heavy atom. The van der Waals surface area contributed by atoms with E-state index in [2.05, 4.69) is 20.4 Å². The van der Waals surface area contributed by atoms with Crippen molar-refractivity contribution in [2.24, 2.45) is 5.92 Å². The van der Waals surface area contributed by atoms with Gasteiger partial charge in [-0.25, -0.2) is 4.79 Å². The molecular formula is C13H24O2. The fourth-order valence-electron chi connectivity index (χ4n) is 1.47. The van der Waals surface area contributed by atoms with Crippen molar-refractivity contribution in [2.75, 3.05) is 0 Å². The van der Waals surface area contributed by atoms with Gasteiger partial charge in [-0.2, -0.15) is 0 Å². The molecule has 0 aliphatic rings. The Labute approximate surface area is 93.7 Å². The van der Waals surface area contributed by atoms with Crippen LogP contribution >= 0.6 is 0 Å². The molecule has 0 rings (SSSR count). The molecule has 88 valence electrons. The molecule has 0 amide bonds. The number of esters is 1. The summed E-state index contributed by atoms with van der Waals surface area (Å²) in [6, 6.07) is 0. The van der Waals surface area contributed by atoms with Gasteiger partial charge in [0, 0.05) is 6.08 Å². The maximum atomic E-state index is 10.9. The molecule has 0 N–H and O–H groups in total. The molecule has 0 aromatic carbocycles. The molecule has 0 aromatic heterocycles. The molecule has 0 spiro atoms. The van der Waals surface area contributed by atoms with Gasteiger partial charge in [-0.1, -0.05) is 39.7 Å². The second-order valence-corrected chi connectivity index (χ2v) is 4.48. The van der Waals surface area contributed by atoms with Gasteiger partial charge < -0.3 is 4.74 Å². The van der Waals surface area contributed by atoms with Crippen molar-refractivity contribution in [3.05, 3.63) is 12.7 Å². The lowest BCUT2D eigenvalue weighted by atomic mass is 10.0. The average Bonchev–Trinajstić information content (AvgIpc) is 2.16. The average molecular weight is 212 g/mol. The number of hydrogen-bond acceptors (Lipinski definition) is 2. The molecule has 1 unspecified atom stereocenters. The Morgan fingerprint density at radius 1 is 1.20 bits per heavy atom. The highest BCUT2D eigenvalue weighted by atomic mass is 16.5. The first kappa shape index (κ1) is 14.2. The van der Waals surface area contributed by atoms with Crippen molar-refractivity contribution in [3.8, 4) is 0 Å². The zero-order valence-corrected chi connectivity index (χ0v) is 10.3. The van der Waals surface area contributed by atoms with Gasteiger partial charge >= 0.3 is 5.97 Å². The van der Waals surface area contributed by atoms with E-state index < -0.39 is 0 Å². The van der Waals surface area contributed by atoms with Gasteiger partial charge in [0.15, 0.2) is 0 Å². The van der Waals surface area contributed by atoms with E-state index in [1.807, 2.05) is 6.92 Å². The Balaban J connectivity index is 3.35. The quantitative estimate of drug-likeness (QED) is 0.348. The minimum absolute atomic E-state index is 0.0227. The summed E-state index contributed by atoms with van der Waals surface area (Å²) in [5.74, 6) is 0.477. The zero-order valence-electron chi connectivity index (χ0n) is 10.3. The van der Waals surface area contributed by atoms with Crippen molar-refractivity contribution < 1.29 is 9.53 Å². The van der Waals surface area contributed by atoms with E-state index in [-0.39, 0.29) is 12.1 Å². The third kappa shape index (κ3) is 9.51. The van der Waals surface area contributed by atoms with Crippen molar-refractivity contribution >= 4 is 5.97 Å². The molecule has 0 saturated heterocycles. The van der Waals surface area contributed by atoms with Gasteiger partial charge in [-0.3, -0.25) is 0 Å². The molecule has 15 heavy (non-hydrogen) atoms. The lowest BCUT2D eigenvalue weighted by molar-refractivity contribution is -0.142. The summed E-state index contributed by atoms with van der Waals surface area (Å²) in [6.45, 7) is 9.79. The van der Waals surface area contributed by atoms with Crippen LogP contribution < -0.4 is 0 Å². The van der Waals surface area contributed by atoms with E-state index in [1.54, 1.807) is 0 Å². The summed E-state index contributed by atoms with van der Waals surface area (Å²) < 4.78 is 5.07. The van der Waals surface area contributed by atoms with Crippen LogP contribution in [0.5, 0.6) is 0 Å². The fourth-order valence-corrected chi connectivity index (χ4v) is 1.47. The van der Waals surface area contributed by atoms with Gasteiger partial charge in [0.25, 0.3) is 0 Å². The maximum absolute atomic E-state index is 10.9. The Bertz CT molecular complexity index is 185. The van der Waals surface area contributed by atoms with Crippen molar-refractivity contribution in [3.63, 3.8) is 0 Å². The largest absolute Gasteiger partial charge is 0.460 e. The first-order valence-electron chi connectivity index (χ1n) is 5.89. The van der Waals surface area contributed by atoms with Crippen LogP contribution in [-0.4, -0.2) is 12.1 Å². The summed E-state index contributed by atoms with van der Waals surface area (Å²) >= 11 is 0. The van der Waals surface area contributed by atoms with Gasteiger partial charge in [0.1, 0.15) is 0 Å². The van der Waals surface area contributed by atoms with Crippen LogP contribution in [0.25, 0.3) is 0 Å². The van der Waals surface area contributed by atoms with E-state index in [1.165, 1.54) is 25.3 Å². The third-order valence-electron chi connectivity index (χ3n) is 2.38. The van der Waals surface area contributed by atoms with E-state index >= 15 is 0 Å². The molecule has 2 nitrogen and oxygen atoms in total. The normalized spacial score (nSPS) is 12.5. The Hall–Kier alpha value is -0.790. The molecular weight excluding hydrogens is 188 g/mol. The molecule has 0 radical (unpaired) electrons. The van der Waals surface area contributed by atoms with Crippen LogP contribution in [0.3, 0.4) is 0 Å². The zero-order chi connectivity index (χ0) is 11.7. The molecule has 0 bridgehead atoms. The Morgan fingerprint density at radius 3 is 2.33 bits per heavy atom. The number of ether oxygens (including phenoxy) is 1. The smallest absolute Gasteiger partial charge is 0.330 e. The number of unbranched alkanes of at least 4 members (excludes halogenated alkanes) is 2. The van der Waals surface area contributed by atoms with Gasteiger partial charge in [0.2, 0.25) is 0 Å². The van der Waals surface area contributed by atoms with Crippen molar-refractivity contribution in [1.29, 1.82) is 0 Å². The predicted octanol–water partition coefficient (Wildman–Crippen LogP) is 3.71. The second kappa shape index (κ2) is 8.51. The summed E-state index contributed by atoms with van der Waals surface area (Å²) in [5, 5.41) is 0. The summed E-state index contributed by atoms with van der Waals surface area (Å²) in [4.78, 5) is 10.9. The highest BCUT2D eigenvalue weighted by Crippen LogP contribution is 2.11. The predicted molar refractivity (Wildman–Crippen MR) is 63.7 cm³/mol. The summed E-state index contributed by atoms with van der Waals surface area (Å²) in [6.07, 6.45) is 7.13. The second-order valence-electron chi connectivity index (χ2n) is 4.48. The molecule has 0 heterocycles. The molecule has 1 atom stereocenters. The van der Waals surface area contributed by atoms with E-state index in [0.29, 0.717) is 0 Å². The van der Waals surface area contributed by atoms with E-state index in [4.69, 9.17) is 4.74 Å². The van der Waals surface area contributed by atoms with Gasteiger partial charge in [0.05, 0.1) is 6.10 Å². The van der Waals surface area contributed by atoms with Gasteiger partial charge in [-0.15, -0.1) is 0 Å². The monoisotopic (exact) mass is 212 g/mol. The van der Waals surface area contributed by atoms with Gasteiger partial charge in [-0.05, 0) is 25.7 Å². The Kier molecular flexibility index (Phi) is 8.06. The standard InChI is InChI=1S/C13H24O2/c1-5-13(14)15-12(4)10-8-6-7-9-11(2)3/h5,11-12H,1,6-10H2,2-4H3. The molecule has 2 heteroatoms. The third-order valence-corrected chi connectivity index (χ3v) is 2.38. The number of rotatable bonds is 8. The highest BCUT2D eigenvalue weighted by molar-refractivity contribution is 5.81. The fraction of sp³-hybridized carbons (Fsp3) is 0.769. The van der Waals surface area contributed by atoms with Crippen LogP contribution in [0.2, 0.25) is 0 Å². The summed E-state index contributed by atoms with van der Waals surface area (Å²) in [5.41, 5.74) is 0. The summed E-state index contributed by atoms with van der Waals surface area (Å²) in [7, 11) is 0. The number of carbonyl (C=O) groups is 1. The first-order valence-corrected chi connectivity index (χ1v) is 5.89. The lowest BCUT2D eigenvalue weighted by Gasteiger charge is -2.11. The molecule has 0 aliphatic heterocycles. The number of carbonyl (C=O) groups excluding carboxylic acids is 1. The van der Waals surface area contributed by atoms with Crippen molar-refractivity contribution in [1.82, 2.24) is 0 Å². The topological polar surface area (TPSA) is 26.3 Å². The minimum atomic E-state index is -0.315.